The van der Waals surface area contributed by atoms with Gasteiger partial charge in [0.15, 0.2) is 0 Å². The van der Waals surface area contributed by atoms with Crippen molar-refractivity contribution < 1.29 is 23.3 Å². The average Bonchev–Trinajstić information content (AvgIpc) is 3.45. The fourth-order valence-corrected chi connectivity index (χ4v) is 6.86. The van der Waals surface area contributed by atoms with Gasteiger partial charge in [0, 0.05) is 0 Å². The molecule has 1 aliphatic heterocycles. The van der Waals surface area contributed by atoms with Crippen LogP contribution in [0, 0.1) is 27.0 Å². The molecule has 0 bridgehead atoms. The summed E-state index contributed by atoms with van der Waals surface area (Å²) in [7, 11) is -0.183. The van der Waals surface area contributed by atoms with E-state index in [-0.39, 0.29) is 47.6 Å². The number of hydrogen-bond acceptors (Lipinski definition) is 1. The van der Waals surface area contributed by atoms with Gasteiger partial charge in [-0.05, 0) is 17.2 Å². The second kappa shape index (κ2) is 16.5. The maximum atomic E-state index is 3.45. The van der Waals surface area contributed by atoms with E-state index in [0.29, 0.717) is 5.66 Å². The summed E-state index contributed by atoms with van der Waals surface area (Å²) in [5, 5.41) is 3.00. The van der Waals surface area contributed by atoms with Crippen molar-refractivity contribution in [2.45, 2.75) is 19.5 Å². The van der Waals surface area contributed by atoms with Crippen LogP contribution in [0.15, 0.2) is 99.3 Å². The third-order valence-corrected chi connectivity index (χ3v) is 8.22. The number of benzene rings is 1. The first-order valence-electron chi connectivity index (χ1n) is 9.18. The monoisotopic (exact) mass is 594 g/mol. The zero-order valence-electron chi connectivity index (χ0n) is 19.3. The molecule has 0 radical (unpaired) electrons. The molecule has 0 amide bonds. The fourth-order valence-electron chi connectivity index (χ4n) is 3.57. The molecule has 0 N–H and O–H groups in total. The van der Waals surface area contributed by atoms with Crippen LogP contribution >= 0.6 is 44.5 Å². The predicted molar refractivity (Wildman–Crippen MR) is 152 cm³/mol. The van der Waals surface area contributed by atoms with Gasteiger partial charge in [-0.15, -0.1) is 65.1 Å². The van der Waals surface area contributed by atoms with Crippen molar-refractivity contribution in [2.75, 3.05) is 6.26 Å². The topological polar surface area (TPSA) is 0 Å². The number of fused-ring (bicyclic) bond motifs is 2. The van der Waals surface area contributed by atoms with E-state index < -0.39 is 0 Å². The van der Waals surface area contributed by atoms with Crippen LogP contribution in [0.3, 0.4) is 0 Å². The first-order valence-corrected chi connectivity index (χ1v) is 17.7. The summed E-state index contributed by atoms with van der Waals surface area (Å²) < 4.78 is 0. The van der Waals surface area contributed by atoms with Crippen LogP contribution in [0.5, 0.6) is 0 Å². The van der Waals surface area contributed by atoms with E-state index in [2.05, 4.69) is 93.0 Å². The van der Waals surface area contributed by atoms with E-state index in [1.54, 1.807) is 35.1 Å². The summed E-state index contributed by atoms with van der Waals surface area (Å²) in [6.07, 6.45) is 21.8. The molecule has 1 heterocycles. The Bertz CT molecular complexity index is 975. The van der Waals surface area contributed by atoms with E-state index in [4.69, 9.17) is 0 Å². The quantitative estimate of drug-likeness (QED) is 0.200. The molecule has 5 rings (SSSR count). The Kier molecular flexibility index (Phi) is 17.5. The van der Waals surface area contributed by atoms with Crippen LogP contribution in [0.4, 0.5) is 0 Å². The number of hydrogen-bond donors (Lipinski definition) is 0. The molecule has 1 aromatic rings. The molecule has 3 aliphatic carbocycles. The fraction of sp³-hybridized carbons (Fsp3) is 0.154. The van der Waals surface area contributed by atoms with Crippen LogP contribution in [0.2, 0.25) is 0 Å². The molecule has 0 spiro atoms. The molecule has 0 nitrogen and oxygen atoms in total. The van der Waals surface area contributed by atoms with Crippen molar-refractivity contribution >= 4 is 56.7 Å². The summed E-state index contributed by atoms with van der Waals surface area (Å²) in [6.45, 7) is 6.41. The van der Waals surface area contributed by atoms with Crippen molar-refractivity contribution in [1.82, 2.24) is 0 Å². The Labute approximate surface area is 230 Å². The van der Waals surface area contributed by atoms with E-state index in [0.717, 1.165) is 0 Å². The van der Waals surface area contributed by atoms with Crippen molar-refractivity contribution in [3.8, 4) is 0 Å². The summed E-state index contributed by atoms with van der Waals surface area (Å²) in [4.78, 5) is 1.33. The van der Waals surface area contributed by atoms with E-state index in [1.165, 1.54) is 37.8 Å². The maximum absolute atomic E-state index is 3.45. The normalized spacial score (nSPS) is 20.1. The second-order valence-electron chi connectivity index (χ2n) is 6.57. The van der Waals surface area contributed by atoms with Gasteiger partial charge in [-0.2, -0.15) is 41.6 Å². The number of thioether (sulfide) groups is 1. The van der Waals surface area contributed by atoms with Gasteiger partial charge < -0.3 is 14.9 Å². The third-order valence-electron chi connectivity index (χ3n) is 4.73. The van der Waals surface area contributed by atoms with E-state index >= 15 is 0 Å². The van der Waals surface area contributed by atoms with Crippen molar-refractivity contribution in [1.29, 1.82) is 0 Å². The summed E-state index contributed by atoms with van der Waals surface area (Å²) in [5.41, 5.74) is 5.85. The molecule has 0 aromatic heterocycles. The van der Waals surface area contributed by atoms with E-state index in [9.17, 15) is 0 Å². The van der Waals surface area contributed by atoms with Gasteiger partial charge in [-0.25, -0.2) is 0 Å². The number of halogens is 2. The minimum absolute atomic E-state index is 0. The van der Waals surface area contributed by atoms with Crippen LogP contribution < -0.4 is 5.30 Å². The molecule has 4 aliphatic rings. The molecule has 1 aromatic carbocycles. The third kappa shape index (κ3) is 7.69. The van der Waals surface area contributed by atoms with Crippen LogP contribution in [-0.2, 0) is 23.3 Å². The minimum atomic E-state index is -0.183. The van der Waals surface area contributed by atoms with Crippen molar-refractivity contribution in [2.24, 2.45) is 0 Å². The molecule has 0 saturated heterocycles. The van der Waals surface area contributed by atoms with Crippen molar-refractivity contribution in [3.63, 3.8) is 0 Å². The van der Waals surface area contributed by atoms with Crippen LogP contribution in [-0.4, -0.2) is 18.8 Å². The van der Waals surface area contributed by atoms with E-state index in [1.807, 2.05) is 13.0 Å². The summed E-state index contributed by atoms with van der Waals surface area (Å²) in [5.74, 6) is 0. The Morgan fingerprint density at radius 3 is 2.34 bits per heavy atom. The molecule has 2 atom stereocenters. The molecule has 6 heteroatoms. The standard InChI is InChI=1S/C15H14P.C9H7S.2CH3.2ClH.H2Si.Zr/c1-11-8-13-10-12(2)16(15(13)9-11)14-6-4-3-5-7-14;1-10-9-6-5-7-3-2-4-8(7)9;;;;;;/h3-7,9-10,12H,1-2H3;2-3,5-6H,1H3;2*1H3;2*1H;1H2;/q4*-1;;;;. The molecule has 172 valence electrons. The van der Waals surface area contributed by atoms with Gasteiger partial charge in [-0.3, -0.25) is 0 Å². The first kappa shape index (κ1) is 34.0. The Morgan fingerprint density at radius 2 is 1.72 bits per heavy atom. The Hall–Kier alpha value is -0.140. The number of allylic oxidation sites excluding steroid dienone is 13. The van der Waals surface area contributed by atoms with Gasteiger partial charge in [0.1, 0.15) is 0 Å². The Balaban J connectivity index is 0. The summed E-state index contributed by atoms with van der Waals surface area (Å²) in [6, 6.07) is 10.9. The Morgan fingerprint density at radius 1 is 1.06 bits per heavy atom. The van der Waals surface area contributed by atoms with Gasteiger partial charge in [0.05, 0.1) is 0 Å². The molecular weight excluding hydrogens is 566 g/mol. The molecule has 32 heavy (non-hydrogen) atoms. The summed E-state index contributed by atoms with van der Waals surface area (Å²) >= 11 is 3.36. The predicted octanol–water partition coefficient (Wildman–Crippen LogP) is 7.07. The van der Waals surface area contributed by atoms with Crippen molar-refractivity contribution in [3.05, 3.63) is 126 Å². The van der Waals surface area contributed by atoms with Gasteiger partial charge in [0.2, 0.25) is 0 Å². The zero-order chi connectivity index (χ0) is 20.1. The molecule has 0 saturated carbocycles. The van der Waals surface area contributed by atoms with Gasteiger partial charge in [-0.1, -0.05) is 63.1 Å². The first-order chi connectivity index (χ1) is 13.7. The zero-order valence-corrected chi connectivity index (χ0v) is 26.5. The van der Waals surface area contributed by atoms with Gasteiger partial charge in [0.25, 0.3) is 0 Å². The SMILES string of the molecule is CC1=[C-]C2=CC(C)P(c3ccccc3)C2=C1.CSC1=C2[C-]=CC=C2C=C1.Cl.Cl.[CH3-].[CH3-].[SiH2]=[Zr]. The van der Waals surface area contributed by atoms with Crippen LogP contribution in [0.25, 0.3) is 0 Å². The van der Waals surface area contributed by atoms with Gasteiger partial charge >= 0.3 is 30.2 Å². The average molecular weight is 597 g/mol. The molecule has 2 unspecified atom stereocenters. The molecule has 0 fully saturated rings. The number of rotatable bonds is 2. The molecular formula is C26H31Cl2PSSiZr-4. The van der Waals surface area contributed by atoms with Crippen LogP contribution in [0.1, 0.15) is 13.8 Å². The second-order valence-corrected chi connectivity index (χ2v) is 9.97.